The van der Waals surface area contributed by atoms with E-state index in [-0.39, 0.29) is 43.2 Å². The summed E-state index contributed by atoms with van der Waals surface area (Å²) in [6.07, 6.45) is -4.38. The van der Waals surface area contributed by atoms with Crippen molar-refractivity contribution in [3.05, 3.63) is 11.6 Å². The third-order valence-corrected chi connectivity index (χ3v) is 14.0. The topological polar surface area (TPSA) is 222 Å². The Morgan fingerprint density at radius 1 is 0.939 bits per heavy atom. The van der Waals surface area contributed by atoms with Crippen molar-refractivity contribution in [2.24, 2.45) is 28.6 Å². The molecule has 2 saturated heterocycles. The van der Waals surface area contributed by atoms with E-state index in [4.69, 9.17) is 23.7 Å². The molecule has 0 bridgehead atoms. The zero-order chi connectivity index (χ0) is 35.1. The quantitative estimate of drug-likeness (QED) is 0.102. The molecule has 0 amide bonds. The van der Waals surface area contributed by atoms with Crippen LogP contribution in [-0.2, 0) is 33.3 Å². The highest BCUT2D eigenvalue weighted by Crippen LogP contribution is 2.70. The fraction of sp³-hybridized carbons (Fsp3) is 0.886. The van der Waals surface area contributed by atoms with Gasteiger partial charge in [0.15, 0.2) is 12.6 Å². The zero-order valence-corrected chi connectivity index (χ0v) is 28.1. The SMILES string of the molecule is C[C@H]1O[C@@H](O[C@@H]2CC[C@]3(C=O)[C@H]4CC[C@]5(C)[C@@H](C6=CC(=O)OC6)CC[C@]5(O)[C@@H]4CC[C@]3(O)C2)C[C@H](O)[C@H]1O[C@H]1O[C@H](CO)[C@@H](O)[C@H](O)[C@H]1O. The number of rotatable bonds is 7. The van der Waals surface area contributed by atoms with Gasteiger partial charge in [0.2, 0.25) is 0 Å². The number of carbonyl (C=O) groups is 2. The van der Waals surface area contributed by atoms with Crippen LogP contribution in [0.4, 0.5) is 0 Å². The highest BCUT2D eigenvalue weighted by Gasteiger charge is 2.71. The first kappa shape index (κ1) is 35.8. The Morgan fingerprint density at radius 3 is 2.37 bits per heavy atom. The summed E-state index contributed by atoms with van der Waals surface area (Å²) in [6.45, 7) is 3.42. The zero-order valence-electron chi connectivity index (χ0n) is 28.1. The van der Waals surface area contributed by atoms with E-state index in [0.29, 0.717) is 44.9 Å². The number of aliphatic hydroxyl groups is 7. The van der Waals surface area contributed by atoms with Crippen LogP contribution >= 0.6 is 0 Å². The van der Waals surface area contributed by atoms with Crippen molar-refractivity contribution in [2.75, 3.05) is 13.2 Å². The average molecular weight is 697 g/mol. The molecule has 14 heteroatoms. The molecule has 14 nitrogen and oxygen atoms in total. The monoisotopic (exact) mass is 696 g/mol. The predicted octanol–water partition coefficient (Wildman–Crippen LogP) is -0.397. The van der Waals surface area contributed by atoms with Crippen molar-refractivity contribution < 1.29 is 69.0 Å². The molecule has 7 rings (SSSR count). The van der Waals surface area contributed by atoms with Crippen molar-refractivity contribution in [2.45, 2.75) is 151 Å². The summed E-state index contributed by atoms with van der Waals surface area (Å²) >= 11 is 0. The van der Waals surface area contributed by atoms with Crippen molar-refractivity contribution in [3.8, 4) is 0 Å². The van der Waals surface area contributed by atoms with Crippen LogP contribution in [0.5, 0.6) is 0 Å². The maximum Gasteiger partial charge on any atom is 0.331 e. The molecule has 3 aliphatic heterocycles. The van der Waals surface area contributed by atoms with E-state index in [0.717, 1.165) is 18.3 Å². The van der Waals surface area contributed by atoms with Crippen LogP contribution in [0.25, 0.3) is 0 Å². The van der Waals surface area contributed by atoms with Gasteiger partial charge in [0, 0.05) is 24.3 Å². The number of fused-ring (bicyclic) bond motifs is 5. The lowest BCUT2D eigenvalue weighted by atomic mass is 9.41. The summed E-state index contributed by atoms with van der Waals surface area (Å²) in [5, 5.41) is 75.9. The standard InChI is InChI=1S/C35H52O14/c1-17-30(49-31-29(42)28(41)27(40)24(14-36)48-31)23(38)12-26(46-17)47-19-3-8-33(16-37)21-4-7-32(2)20(18-11-25(39)45-15-18)6-10-35(32,44)22(21)5-9-34(33,43)13-19/h11,16-17,19-24,26-31,36,38,40-44H,3-10,12-15H2,1-2H3/t17-,19-,20-,21+,22-,23+,24-,26+,27-,28+,29-,30+,31-,32-,33+,34+,35+/m1/s1. The highest BCUT2D eigenvalue weighted by molar-refractivity contribution is 5.85. The molecule has 4 aliphatic carbocycles. The number of carbonyl (C=O) groups excluding carboxylic acids is 2. The highest BCUT2D eigenvalue weighted by atomic mass is 16.7. The number of hydrogen-bond donors (Lipinski definition) is 7. The Morgan fingerprint density at radius 2 is 1.69 bits per heavy atom. The summed E-state index contributed by atoms with van der Waals surface area (Å²) in [5.41, 5.74) is -2.94. The summed E-state index contributed by atoms with van der Waals surface area (Å²) in [5.74, 6) is -0.688. The minimum Gasteiger partial charge on any atom is -0.458 e. The Kier molecular flexibility index (Phi) is 9.38. The van der Waals surface area contributed by atoms with Crippen LogP contribution in [0.2, 0.25) is 0 Å². The molecule has 0 radical (unpaired) electrons. The molecule has 7 aliphatic rings. The van der Waals surface area contributed by atoms with Crippen LogP contribution in [0, 0.1) is 28.6 Å². The first-order valence-corrected chi connectivity index (χ1v) is 17.9. The van der Waals surface area contributed by atoms with Gasteiger partial charge in [-0.05, 0) is 81.6 Å². The number of cyclic esters (lactones) is 1. The first-order chi connectivity index (χ1) is 23.2. The number of aldehydes is 1. The summed E-state index contributed by atoms with van der Waals surface area (Å²) in [7, 11) is 0. The van der Waals surface area contributed by atoms with Crippen molar-refractivity contribution in [3.63, 3.8) is 0 Å². The number of aliphatic hydroxyl groups excluding tert-OH is 5. The molecular formula is C35H52O14. The minimum atomic E-state index is -1.62. The Balaban J connectivity index is 1.00. The maximum atomic E-state index is 13.2. The fourth-order valence-electron chi connectivity index (χ4n) is 11.3. The van der Waals surface area contributed by atoms with Gasteiger partial charge in [-0.2, -0.15) is 0 Å². The van der Waals surface area contributed by atoms with Gasteiger partial charge in [-0.25, -0.2) is 4.79 Å². The molecule has 0 aromatic rings. The molecule has 0 spiro atoms. The van der Waals surface area contributed by atoms with E-state index < -0.39 is 90.1 Å². The molecule has 276 valence electrons. The molecular weight excluding hydrogens is 644 g/mol. The van der Waals surface area contributed by atoms with Crippen LogP contribution in [0.1, 0.15) is 78.1 Å². The molecule has 0 aromatic carbocycles. The molecule has 3 heterocycles. The molecule has 4 saturated carbocycles. The lowest BCUT2D eigenvalue weighted by Crippen LogP contribution is -2.69. The normalized spacial score (nSPS) is 54.3. The predicted molar refractivity (Wildman–Crippen MR) is 166 cm³/mol. The largest absolute Gasteiger partial charge is 0.458 e. The Labute approximate surface area is 285 Å². The van der Waals surface area contributed by atoms with Gasteiger partial charge < -0.3 is 64.2 Å². The minimum absolute atomic E-state index is 0.00470. The summed E-state index contributed by atoms with van der Waals surface area (Å²) < 4.78 is 28.9. The van der Waals surface area contributed by atoms with E-state index in [1.165, 1.54) is 0 Å². The second-order valence-corrected chi connectivity index (χ2v) is 16.1. The summed E-state index contributed by atoms with van der Waals surface area (Å²) in [6, 6.07) is 0. The van der Waals surface area contributed by atoms with Gasteiger partial charge in [-0.3, -0.25) is 0 Å². The van der Waals surface area contributed by atoms with E-state index in [9.17, 15) is 45.3 Å². The first-order valence-electron chi connectivity index (χ1n) is 17.9. The molecule has 7 N–H and O–H groups in total. The fourth-order valence-corrected chi connectivity index (χ4v) is 11.3. The molecule has 0 aromatic heterocycles. The van der Waals surface area contributed by atoms with Gasteiger partial charge in [0.1, 0.15) is 43.4 Å². The number of hydrogen-bond acceptors (Lipinski definition) is 14. The van der Waals surface area contributed by atoms with Crippen molar-refractivity contribution in [1.29, 1.82) is 0 Å². The third kappa shape index (κ3) is 5.47. The van der Waals surface area contributed by atoms with E-state index in [2.05, 4.69) is 6.92 Å². The maximum absolute atomic E-state index is 13.2. The van der Waals surface area contributed by atoms with Crippen LogP contribution in [0.3, 0.4) is 0 Å². The lowest BCUT2D eigenvalue weighted by molar-refractivity contribution is -0.345. The molecule has 6 fully saturated rings. The molecule has 0 unspecified atom stereocenters. The second kappa shape index (κ2) is 12.8. The van der Waals surface area contributed by atoms with Crippen molar-refractivity contribution >= 4 is 12.3 Å². The number of esters is 1. The van der Waals surface area contributed by atoms with Crippen LogP contribution in [-0.4, -0.2) is 134 Å². The van der Waals surface area contributed by atoms with Gasteiger partial charge in [-0.15, -0.1) is 0 Å². The number of ether oxygens (including phenoxy) is 5. The van der Waals surface area contributed by atoms with Crippen LogP contribution in [0.15, 0.2) is 11.6 Å². The van der Waals surface area contributed by atoms with E-state index in [1.54, 1.807) is 13.0 Å². The lowest BCUT2D eigenvalue weighted by Gasteiger charge is -2.65. The van der Waals surface area contributed by atoms with E-state index >= 15 is 0 Å². The molecule has 49 heavy (non-hydrogen) atoms. The smallest absolute Gasteiger partial charge is 0.331 e. The van der Waals surface area contributed by atoms with Gasteiger partial charge in [-0.1, -0.05) is 6.92 Å². The van der Waals surface area contributed by atoms with E-state index in [1.807, 2.05) is 0 Å². The third-order valence-electron chi connectivity index (χ3n) is 14.0. The Bertz CT molecular complexity index is 1300. The Hall–Kier alpha value is -1.56. The van der Waals surface area contributed by atoms with Crippen LogP contribution < -0.4 is 0 Å². The van der Waals surface area contributed by atoms with Crippen molar-refractivity contribution in [1.82, 2.24) is 0 Å². The van der Waals surface area contributed by atoms with Gasteiger partial charge in [0.25, 0.3) is 0 Å². The molecule has 17 atom stereocenters. The second-order valence-electron chi connectivity index (χ2n) is 16.1. The average Bonchev–Trinajstić information content (AvgIpc) is 3.61. The van der Waals surface area contributed by atoms with Gasteiger partial charge >= 0.3 is 5.97 Å². The summed E-state index contributed by atoms with van der Waals surface area (Å²) in [4.78, 5) is 25.0. The van der Waals surface area contributed by atoms with Gasteiger partial charge in [0.05, 0.1) is 41.5 Å².